The highest BCUT2D eigenvalue weighted by atomic mass is 28.3. The summed E-state index contributed by atoms with van der Waals surface area (Å²) in [6.07, 6.45) is 2.23. The maximum Gasteiger partial charge on any atom is 0.0560 e. The summed E-state index contributed by atoms with van der Waals surface area (Å²) in [5, 5.41) is 12.4. The molecule has 0 aromatic carbocycles. The standard InChI is InChI=1S/C15H33NOSi/c1-13(2,3)18(8,9)12-10-14(4,5)16(17)15(6,7)11-12/h12,17H,10-11H2,1-9H3. The van der Waals surface area contributed by atoms with Crippen molar-refractivity contribution in [3.05, 3.63) is 0 Å². The van der Waals surface area contributed by atoms with Gasteiger partial charge in [-0.3, -0.25) is 0 Å². The Balaban J connectivity index is 3.08. The molecule has 2 nitrogen and oxygen atoms in total. The molecule has 0 radical (unpaired) electrons. The highest BCUT2D eigenvalue weighted by Gasteiger charge is 2.52. The normalized spacial score (nSPS) is 26.3. The van der Waals surface area contributed by atoms with Gasteiger partial charge in [0.15, 0.2) is 0 Å². The highest BCUT2D eigenvalue weighted by Crippen LogP contribution is 2.53. The Bertz CT molecular complexity index is 297. The van der Waals surface area contributed by atoms with Crippen molar-refractivity contribution >= 4 is 8.07 Å². The summed E-state index contributed by atoms with van der Waals surface area (Å²) in [4.78, 5) is 0. The zero-order chi connectivity index (χ0) is 14.6. The lowest BCUT2D eigenvalue weighted by molar-refractivity contribution is -0.242. The van der Waals surface area contributed by atoms with Crippen LogP contribution >= 0.6 is 0 Å². The molecule has 0 spiro atoms. The van der Waals surface area contributed by atoms with Crippen molar-refractivity contribution in [3.63, 3.8) is 0 Å². The van der Waals surface area contributed by atoms with E-state index in [4.69, 9.17) is 0 Å². The third kappa shape index (κ3) is 2.68. The molecular formula is C15H33NOSi. The second-order valence-corrected chi connectivity index (χ2v) is 14.8. The van der Waals surface area contributed by atoms with Crippen LogP contribution in [0.5, 0.6) is 0 Å². The second-order valence-electron chi connectivity index (χ2n) is 9.01. The average Bonchev–Trinajstić information content (AvgIpc) is 2.11. The van der Waals surface area contributed by atoms with Gasteiger partial charge in [-0.15, -0.1) is 0 Å². The third-order valence-electron chi connectivity index (χ3n) is 5.59. The molecule has 0 saturated carbocycles. The fourth-order valence-electron chi connectivity index (χ4n) is 3.39. The quantitative estimate of drug-likeness (QED) is 0.685. The van der Waals surface area contributed by atoms with Crippen LogP contribution in [0.15, 0.2) is 0 Å². The predicted molar refractivity (Wildman–Crippen MR) is 82.0 cm³/mol. The molecule has 0 aliphatic carbocycles. The van der Waals surface area contributed by atoms with Crippen LogP contribution in [-0.2, 0) is 0 Å². The van der Waals surface area contributed by atoms with E-state index in [1.165, 1.54) is 0 Å². The molecule has 0 bridgehead atoms. The minimum atomic E-state index is -1.35. The first-order chi connectivity index (χ1) is 7.72. The zero-order valence-electron chi connectivity index (χ0n) is 13.9. The van der Waals surface area contributed by atoms with Gasteiger partial charge < -0.3 is 5.21 Å². The molecule has 1 aliphatic rings. The summed E-state index contributed by atoms with van der Waals surface area (Å²) < 4.78 is 0. The Labute approximate surface area is 115 Å². The molecule has 0 unspecified atom stereocenters. The summed E-state index contributed by atoms with van der Waals surface area (Å²) >= 11 is 0. The van der Waals surface area contributed by atoms with Crippen molar-refractivity contribution in [1.29, 1.82) is 0 Å². The van der Waals surface area contributed by atoms with Gasteiger partial charge in [0.05, 0.1) is 8.07 Å². The Morgan fingerprint density at radius 1 is 1.00 bits per heavy atom. The lowest BCUT2D eigenvalue weighted by Crippen LogP contribution is -2.61. The molecule has 3 heteroatoms. The van der Waals surface area contributed by atoms with Crippen molar-refractivity contribution in [1.82, 2.24) is 5.06 Å². The summed E-state index contributed by atoms with van der Waals surface area (Å²) in [6, 6.07) is 0. The third-order valence-corrected chi connectivity index (χ3v) is 11.9. The number of hydrogen-bond donors (Lipinski definition) is 1. The monoisotopic (exact) mass is 271 g/mol. The van der Waals surface area contributed by atoms with E-state index in [1.807, 2.05) is 0 Å². The molecule has 18 heavy (non-hydrogen) atoms. The fraction of sp³-hybridized carbons (Fsp3) is 1.00. The number of rotatable bonds is 1. The molecule has 0 amide bonds. The smallest absolute Gasteiger partial charge is 0.0560 e. The van der Waals surface area contributed by atoms with E-state index in [0.717, 1.165) is 18.4 Å². The number of piperidine rings is 1. The van der Waals surface area contributed by atoms with Crippen molar-refractivity contribution < 1.29 is 5.21 Å². The van der Waals surface area contributed by atoms with Gasteiger partial charge >= 0.3 is 0 Å². The molecule has 0 aromatic heterocycles. The maximum atomic E-state index is 10.4. The van der Waals surface area contributed by atoms with E-state index < -0.39 is 8.07 Å². The van der Waals surface area contributed by atoms with Crippen LogP contribution in [0.1, 0.15) is 61.3 Å². The molecule has 1 rings (SSSR count). The van der Waals surface area contributed by atoms with Crippen LogP contribution in [0.3, 0.4) is 0 Å². The first kappa shape index (κ1) is 16.2. The van der Waals surface area contributed by atoms with Crippen LogP contribution in [0.25, 0.3) is 0 Å². The fourth-order valence-corrected chi connectivity index (χ4v) is 6.64. The van der Waals surface area contributed by atoms with Gasteiger partial charge in [-0.1, -0.05) is 33.9 Å². The number of hydrogen-bond acceptors (Lipinski definition) is 2. The molecule has 108 valence electrons. The van der Waals surface area contributed by atoms with Gasteiger partial charge in [0.1, 0.15) is 0 Å². The van der Waals surface area contributed by atoms with Crippen molar-refractivity contribution in [2.45, 2.75) is 96.1 Å². The van der Waals surface area contributed by atoms with Gasteiger partial charge in [0.25, 0.3) is 0 Å². The van der Waals surface area contributed by atoms with E-state index in [0.29, 0.717) is 5.04 Å². The second kappa shape index (κ2) is 4.32. The first-order valence-electron chi connectivity index (χ1n) is 7.21. The summed E-state index contributed by atoms with van der Waals surface area (Å²) in [7, 11) is -1.35. The minimum Gasteiger partial charge on any atom is -0.313 e. The Morgan fingerprint density at radius 2 is 1.33 bits per heavy atom. The molecular weight excluding hydrogens is 238 g/mol. The van der Waals surface area contributed by atoms with Gasteiger partial charge in [0, 0.05) is 11.1 Å². The van der Waals surface area contributed by atoms with Crippen molar-refractivity contribution in [2.24, 2.45) is 0 Å². The molecule has 1 N–H and O–H groups in total. The van der Waals surface area contributed by atoms with Crippen LogP contribution in [0, 0.1) is 0 Å². The van der Waals surface area contributed by atoms with E-state index in [9.17, 15) is 5.21 Å². The SMILES string of the molecule is CC1(C)CC([Si](C)(C)C(C)(C)C)CC(C)(C)N1O. The van der Waals surface area contributed by atoms with E-state index in [1.54, 1.807) is 5.06 Å². The lowest BCUT2D eigenvalue weighted by Gasteiger charge is -2.56. The van der Waals surface area contributed by atoms with Gasteiger partial charge in [0.2, 0.25) is 0 Å². The van der Waals surface area contributed by atoms with Crippen molar-refractivity contribution in [2.75, 3.05) is 0 Å². The first-order valence-corrected chi connectivity index (χ1v) is 10.3. The van der Waals surface area contributed by atoms with E-state index in [2.05, 4.69) is 61.6 Å². The number of hydroxylamine groups is 2. The molecule has 0 atom stereocenters. The Kier molecular flexibility index (Phi) is 3.89. The maximum absolute atomic E-state index is 10.4. The summed E-state index contributed by atoms with van der Waals surface area (Å²) in [5.41, 5.74) is 0.551. The zero-order valence-corrected chi connectivity index (χ0v) is 14.9. The molecule has 0 aromatic rings. The molecule has 1 aliphatic heterocycles. The molecule has 1 heterocycles. The predicted octanol–water partition coefficient (Wildman–Crippen LogP) is 4.91. The summed E-state index contributed by atoms with van der Waals surface area (Å²) in [5.74, 6) is 0. The average molecular weight is 272 g/mol. The molecule has 1 fully saturated rings. The minimum absolute atomic E-state index is 0.109. The Hall–Kier alpha value is 0.137. The van der Waals surface area contributed by atoms with E-state index >= 15 is 0 Å². The van der Waals surface area contributed by atoms with Gasteiger partial charge in [-0.25, -0.2) is 0 Å². The van der Waals surface area contributed by atoms with Crippen molar-refractivity contribution in [3.8, 4) is 0 Å². The number of nitrogens with zero attached hydrogens (tertiary/aromatic N) is 1. The van der Waals surface area contributed by atoms with E-state index in [-0.39, 0.29) is 11.1 Å². The largest absolute Gasteiger partial charge is 0.313 e. The van der Waals surface area contributed by atoms with Crippen LogP contribution in [0.4, 0.5) is 0 Å². The van der Waals surface area contributed by atoms with Crippen LogP contribution in [0.2, 0.25) is 23.7 Å². The van der Waals surface area contributed by atoms with Crippen LogP contribution < -0.4 is 0 Å². The summed E-state index contributed by atoms with van der Waals surface area (Å²) in [6.45, 7) is 20.9. The highest BCUT2D eigenvalue weighted by molar-refractivity contribution is 6.81. The lowest BCUT2D eigenvalue weighted by atomic mass is 9.81. The molecule has 1 saturated heterocycles. The van der Waals surface area contributed by atoms with Gasteiger partial charge in [-0.2, -0.15) is 5.06 Å². The Morgan fingerprint density at radius 3 is 1.61 bits per heavy atom. The topological polar surface area (TPSA) is 23.5 Å². The van der Waals surface area contributed by atoms with Gasteiger partial charge in [-0.05, 0) is 51.1 Å². The van der Waals surface area contributed by atoms with Crippen LogP contribution in [-0.4, -0.2) is 29.4 Å².